The van der Waals surface area contributed by atoms with Crippen LogP contribution in [0.4, 0.5) is 4.39 Å². The molecular weight excluding hydrogens is 225 g/mol. The van der Waals surface area contributed by atoms with Crippen LogP contribution in [0.25, 0.3) is 0 Å². The molecule has 1 aromatic rings. The van der Waals surface area contributed by atoms with Crippen LogP contribution < -0.4 is 16.6 Å². The molecule has 0 bridgehead atoms. The SMILES string of the molecule is NCC(=O)NNC(=O)CCc1ccccc1F. The predicted octanol–water partition coefficient (Wildman–Crippen LogP) is -0.136. The molecule has 0 radical (unpaired) electrons. The largest absolute Gasteiger partial charge is 0.322 e. The van der Waals surface area contributed by atoms with Crippen molar-refractivity contribution in [3.63, 3.8) is 0 Å². The minimum atomic E-state index is -0.482. The Morgan fingerprint density at radius 3 is 2.47 bits per heavy atom. The third kappa shape index (κ3) is 4.60. The van der Waals surface area contributed by atoms with E-state index in [-0.39, 0.29) is 25.2 Å². The molecule has 5 nitrogen and oxygen atoms in total. The zero-order valence-electron chi connectivity index (χ0n) is 9.20. The van der Waals surface area contributed by atoms with Crippen LogP contribution in [0.3, 0.4) is 0 Å². The molecule has 2 amide bonds. The van der Waals surface area contributed by atoms with Crippen molar-refractivity contribution < 1.29 is 14.0 Å². The number of carbonyl (C=O) groups excluding carboxylic acids is 2. The fraction of sp³-hybridized carbons (Fsp3) is 0.273. The average molecular weight is 239 g/mol. The fourth-order valence-electron chi connectivity index (χ4n) is 1.20. The minimum Gasteiger partial charge on any atom is -0.322 e. The van der Waals surface area contributed by atoms with Gasteiger partial charge in [-0.1, -0.05) is 18.2 Å². The molecule has 0 aliphatic carbocycles. The third-order valence-electron chi connectivity index (χ3n) is 2.11. The van der Waals surface area contributed by atoms with Crippen molar-refractivity contribution in [3.8, 4) is 0 Å². The number of hydrogen-bond acceptors (Lipinski definition) is 3. The van der Waals surface area contributed by atoms with Gasteiger partial charge in [-0.05, 0) is 18.1 Å². The molecule has 0 heterocycles. The standard InChI is InChI=1S/C11H14FN3O2/c12-9-4-2-1-3-8(9)5-6-10(16)14-15-11(17)7-13/h1-4H,5-7,13H2,(H,14,16)(H,15,17). The number of nitrogens with two attached hydrogens (primary N) is 1. The fourth-order valence-corrected chi connectivity index (χ4v) is 1.20. The van der Waals surface area contributed by atoms with Gasteiger partial charge in [-0.25, -0.2) is 4.39 Å². The summed E-state index contributed by atoms with van der Waals surface area (Å²) in [5, 5.41) is 0. The summed E-state index contributed by atoms with van der Waals surface area (Å²) >= 11 is 0. The summed E-state index contributed by atoms with van der Waals surface area (Å²) in [6.07, 6.45) is 0.364. The molecule has 0 spiro atoms. The lowest BCUT2D eigenvalue weighted by atomic mass is 10.1. The van der Waals surface area contributed by atoms with Crippen molar-refractivity contribution in [1.82, 2.24) is 10.9 Å². The first-order valence-corrected chi connectivity index (χ1v) is 5.14. The van der Waals surface area contributed by atoms with Crippen molar-refractivity contribution in [2.45, 2.75) is 12.8 Å². The summed E-state index contributed by atoms with van der Waals surface area (Å²) in [5.74, 6) is -1.22. The van der Waals surface area contributed by atoms with Gasteiger partial charge in [-0.2, -0.15) is 0 Å². The van der Waals surface area contributed by atoms with Crippen LogP contribution in [-0.2, 0) is 16.0 Å². The zero-order chi connectivity index (χ0) is 12.7. The van der Waals surface area contributed by atoms with Gasteiger partial charge in [-0.15, -0.1) is 0 Å². The van der Waals surface area contributed by atoms with E-state index in [4.69, 9.17) is 5.73 Å². The van der Waals surface area contributed by atoms with Crippen LogP contribution in [-0.4, -0.2) is 18.4 Å². The molecule has 0 aromatic heterocycles. The van der Waals surface area contributed by atoms with E-state index in [0.717, 1.165) is 0 Å². The Bertz CT molecular complexity index is 409. The minimum absolute atomic E-state index is 0.0891. The van der Waals surface area contributed by atoms with Gasteiger partial charge in [0.1, 0.15) is 5.82 Å². The molecule has 0 fully saturated rings. The van der Waals surface area contributed by atoms with Crippen molar-refractivity contribution in [2.24, 2.45) is 5.73 Å². The number of carbonyl (C=O) groups is 2. The second-order valence-corrected chi connectivity index (χ2v) is 3.39. The van der Waals surface area contributed by atoms with Crippen molar-refractivity contribution in [2.75, 3.05) is 6.54 Å². The number of aryl methyl sites for hydroxylation is 1. The summed E-state index contributed by atoms with van der Waals surface area (Å²) < 4.78 is 13.2. The number of hydrazine groups is 1. The van der Waals surface area contributed by atoms with Gasteiger partial charge >= 0.3 is 0 Å². The molecule has 17 heavy (non-hydrogen) atoms. The summed E-state index contributed by atoms with van der Waals surface area (Å²) in [7, 11) is 0. The van der Waals surface area contributed by atoms with E-state index in [0.29, 0.717) is 5.56 Å². The number of benzene rings is 1. The topological polar surface area (TPSA) is 84.2 Å². The Balaban J connectivity index is 2.34. The highest BCUT2D eigenvalue weighted by Crippen LogP contribution is 2.08. The average Bonchev–Trinajstić information content (AvgIpc) is 2.35. The van der Waals surface area contributed by atoms with Crippen LogP contribution in [0.2, 0.25) is 0 Å². The lowest BCUT2D eigenvalue weighted by Crippen LogP contribution is -2.44. The van der Waals surface area contributed by atoms with E-state index in [9.17, 15) is 14.0 Å². The van der Waals surface area contributed by atoms with Gasteiger partial charge in [-0.3, -0.25) is 20.4 Å². The summed E-state index contributed by atoms with van der Waals surface area (Å²) in [5.41, 5.74) is 9.80. The molecule has 0 saturated heterocycles. The van der Waals surface area contributed by atoms with Crippen LogP contribution in [0.1, 0.15) is 12.0 Å². The lowest BCUT2D eigenvalue weighted by Gasteiger charge is -2.06. The van der Waals surface area contributed by atoms with Crippen molar-refractivity contribution in [3.05, 3.63) is 35.6 Å². The number of nitrogens with one attached hydrogen (secondary N) is 2. The predicted molar refractivity (Wildman–Crippen MR) is 60.1 cm³/mol. The van der Waals surface area contributed by atoms with Gasteiger partial charge in [0, 0.05) is 6.42 Å². The Kier molecular flexibility index (Phi) is 5.09. The number of rotatable bonds is 4. The van der Waals surface area contributed by atoms with Gasteiger partial charge in [0.15, 0.2) is 0 Å². The molecular formula is C11H14FN3O2. The lowest BCUT2D eigenvalue weighted by molar-refractivity contribution is -0.128. The molecule has 0 atom stereocenters. The number of halogens is 1. The van der Waals surface area contributed by atoms with Crippen LogP contribution in [0.15, 0.2) is 24.3 Å². The van der Waals surface area contributed by atoms with Gasteiger partial charge in [0.2, 0.25) is 5.91 Å². The second kappa shape index (κ2) is 6.59. The highest BCUT2D eigenvalue weighted by Gasteiger charge is 2.06. The van der Waals surface area contributed by atoms with E-state index in [1.54, 1.807) is 18.2 Å². The van der Waals surface area contributed by atoms with Crippen LogP contribution >= 0.6 is 0 Å². The number of amides is 2. The van der Waals surface area contributed by atoms with E-state index in [1.165, 1.54) is 6.07 Å². The Morgan fingerprint density at radius 2 is 1.82 bits per heavy atom. The summed E-state index contributed by atoms with van der Waals surface area (Å²) in [6.45, 7) is -0.201. The van der Waals surface area contributed by atoms with Crippen LogP contribution in [0, 0.1) is 5.82 Å². The zero-order valence-corrected chi connectivity index (χ0v) is 9.20. The van der Waals surface area contributed by atoms with Crippen molar-refractivity contribution in [1.29, 1.82) is 0 Å². The maximum absolute atomic E-state index is 13.2. The van der Waals surface area contributed by atoms with E-state index >= 15 is 0 Å². The Labute approximate surface area is 98.2 Å². The van der Waals surface area contributed by atoms with E-state index < -0.39 is 11.8 Å². The molecule has 1 aromatic carbocycles. The molecule has 0 aliphatic rings. The van der Waals surface area contributed by atoms with E-state index in [1.807, 2.05) is 0 Å². The summed E-state index contributed by atoms with van der Waals surface area (Å²) in [4.78, 5) is 22.0. The van der Waals surface area contributed by atoms with Crippen LogP contribution in [0.5, 0.6) is 0 Å². The maximum atomic E-state index is 13.2. The first-order valence-electron chi connectivity index (χ1n) is 5.14. The second-order valence-electron chi connectivity index (χ2n) is 3.39. The molecule has 0 saturated carbocycles. The Morgan fingerprint density at radius 1 is 1.18 bits per heavy atom. The van der Waals surface area contributed by atoms with Gasteiger partial charge < -0.3 is 5.73 Å². The summed E-state index contributed by atoms with van der Waals surface area (Å²) in [6, 6.07) is 6.23. The smallest absolute Gasteiger partial charge is 0.252 e. The Hall–Kier alpha value is -1.95. The molecule has 0 unspecified atom stereocenters. The molecule has 0 aliphatic heterocycles. The van der Waals surface area contributed by atoms with Gasteiger partial charge in [0.25, 0.3) is 5.91 Å². The molecule has 4 N–H and O–H groups in total. The monoisotopic (exact) mass is 239 g/mol. The molecule has 1 rings (SSSR count). The molecule has 6 heteroatoms. The third-order valence-corrected chi connectivity index (χ3v) is 2.11. The quantitative estimate of drug-likeness (QED) is 0.640. The van der Waals surface area contributed by atoms with E-state index in [2.05, 4.69) is 10.9 Å². The number of hydrogen-bond donors (Lipinski definition) is 3. The van der Waals surface area contributed by atoms with Gasteiger partial charge in [0.05, 0.1) is 6.54 Å². The maximum Gasteiger partial charge on any atom is 0.252 e. The normalized spacial score (nSPS) is 9.76. The first-order chi connectivity index (χ1) is 8.13. The first kappa shape index (κ1) is 13.1. The highest BCUT2D eigenvalue weighted by molar-refractivity contribution is 5.82. The van der Waals surface area contributed by atoms with Crippen molar-refractivity contribution >= 4 is 11.8 Å². The molecule has 92 valence electrons. The highest BCUT2D eigenvalue weighted by atomic mass is 19.1.